The maximum atomic E-state index is 13.1. The number of hydrogen-bond acceptors (Lipinski definition) is 3. The molecule has 1 aromatic rings. The molecular weight excluding hydrogens is 210 g/mol. The van der Waals surface area contributed by atoms with Gasteiger partial charge in [0, 0.05) is 6.07 Å². The van der Waals surface area contributed by atoms with Gasteiger partial charge in [-0.05, 0) is 30.4 Å². The van der Waals surface area contributed by atoms with Crippen LogP contribution >= 0.6 is 0 Å². The standard InChI is InChI=1S/C11H16BFO3/c1-3-10(4-2)16-11-6-8(12(14)15)5-9(13)7-11/h5-7,10,14-15H,3-4H2,1-2H3. The van der Waals surface area contributed by atoms with Crippen molar-refractivity contribution in [2.24, 2.45) is 0 Å². The summed E-state index contributed by atoms with van der Waals surface area (Å²) in [6, 6.07) is 3.75. The van der Waals surface area contributed by atoms with Crippen molar-refractivity contribution in [1.29, 1.82) is 0 Å². The molecule has 0 aliphatic heterocycles. The molecule has 0 fully saturated rings. The Hall–Kier alpha value is -1.07. The van der Waals surface area contributed by atoms with Crippen LogP contribution in [0.2, 0.25) is 0 Å². The van der Waals surface area contributed by atoms with Gasteiger partial charge in [-0.3, -0.25) is 0 Å². The van der Waals surface area contributed by atoms with Gasteiger partial charge in [0.15, 0.2) is 0 Å². The van der Waals surface area contributed by atoms with Crippen LogP contribution in [0.3, 0.4) is 0 Å². The van der Waals surface area contributed by atoms with Gasteiger partial charge in [0.05, 0.1) is 6.10 Å². The average molecular weight is 226 g/mol. The normalized spacial score (nSPS) is 10.6. The summed E-state index contributed by atoms with van der Waals surface area (Å²) in [6.07, 6.45) is 1.67. The molecule has 88 valence electrons. The molecule has 0 aliphatic rings. The number of hydrogen-bond donors (Lipinski definition) is 2. The average Bonchev–Trinajstić information content (AvgIpc) is 2.25. The van der Waals surface area contributed by atoms with E-state index in [0.29, 0.717) is 5.75 Å². The predicted molar refractivity (Wildman–Crippen MR) is 61.2 cm³/mol. The van der Waals surface area contributed by atoms with Crippen molar-refractivity contribution in [3.63, 3.8) is 0 Å². The Morgan fingerprint density at radius 2 is 1.88 bits per heavy atom. The second-order valence-corrected chi connectivity index (χ2v) is 3.65. The summed E-state index contributed by atoms with van der Waals surface area (Å²) in [7, 11) is -1.68. The molecular formula is C11H16BFO3. The van der Waals surface area contributed by atoms with E-state index in [0.717, 1.165) is 18.9 Å². The summed E-state index contributed by atoms with van der Waals surface area (Å²) < 4.78 is 18.7. The lowest BCUT2D eigenvalue weighted by Crippen LogP contribution is -2.30. The molecule has 0 saturated heterocycles. The van der Waals surface area contributed by atoms with Crippen LogP contribution in [-0.2, 0) is 0 Å². The van der Waals surface area contributed by atoms with Gasteiger partial charge in [0.25, 0.3) is 0 Å². The summed E-state index contributed by atoms with van der Waals surface area (Å²) in [5, 5.41) is 17.9. The molecule has 0 bridgehead atoms. The molecule has 0 saturated carbocycles. The quantitative estimate of drug-likeness (QED) is 0.738. The molecule has 0 amide bonds. The fraction of sp³-hybridized carbons (Fsp3) is 0.455. The smallest absolute Gasteiger partial charge is 0.488 e. The fourth-order valence-corrected chi connectivity index (χ4v) is 1.45. The summed E-state index contributed by atoms with van der Waals surface area (Å²) in [4.78, 5) is 0. The summed E-state index contributed by atoms with van der Waals surface area (Å²) >= 11 is 0. The molecule has 0 heterocycles. The van der Waals surface area contributed by atoms with Crippen molar-refractivity contribution in [2.45, 2.75) is 32.8 Å². The molecule has 2 N–H and O–H groups in total. The first kappa shape index (κ1) is 13.0. The zero-order valence-electron chi connectivity index (χ0n) is 9.48. The largest absolute Gasteiger partial charge is 0.490 e. The van der Waals surface area contributed by atoms with E-state index < -0.39 is 12.9 Å². The minimum absolute atomic E-state index is 0.0190. The lowest BCUT2D eigenvalue weighted by molar-refractivity contribution is 0.192. The Bertz CT molecular complexity index is 340. The highest BCUT2D eigenvalue weighted by molar-refractivity contribution is 6.58. The van der Waals surface area contributed by atoms with Gasteiger partial charge in [-0.25, -0.2) is 4.39 Å². The van der Waals surface area contributed by atoms with Gasteiger partial charge in [-0.1, -0.05) is 13.8 Å². The molecule has 1 rings (SSSR count). The number of benzene rings is 1. The maximum Gasteiger partial charge on any atom is 0.488 e. The maximum absolute atomic E-state index is 13.1. The van der Waals surface area contributed by atoms with Gasteiger partial charge in [-0.2, -0.15) is 0 Å². The van der Waals surface area contributed by atoms with E-state index in [9.17, 15) is 4.39 Å². The van der Waals surface area contributed by atoms with Crippen molar-refractivity contribution in [3.8, 4) is 5.75 Å². The summed E-state index contributed by atoms with van der Waals surface area (Å²) in [5.41, 5.74) is 0.0981. The second-order valence-electron chi connectivity index (χ2n) is 3.65. The third-order valence-corrected chi connectivity index (χ3v) is 2.41. The van der Waals surface area contributed by atoms with Crippen molar-refractivity contribution in [1.82, 2.24) is 0 Å². The molecule has 16 heavy (non-hydrogen) atoms. The van der Waals surface area contributed by atoms with Crippen LogP contribution in [-0.4, -0.2) is 23.3 Å². The second kappa shape index (κ2) is 5.87. The Morgan fingerprint density at radius 1 is 1.25 bits per heavy atom. The van der Waals surface area contributed by atoms with Crippen molar-refractivity contribution >= 4 is 12.6 Å². The Kier molecular flexibility index (Phi) is 4.77. The molecule has 0 aliphatic carbocycles. The van der Waals surface area contributed by atoms with E-state index in [-0.39, 0.29) is 11.6 Å². The molecule has 0 aromatic heterocycles. The van der Waals surface area contributed by atoms with Crippen LogP contribution in [0.4, 0.5) is 4.39 Å². The highest BCUT2D eigenvalue weighted by Gasteiger charge is 2.15. The monoisotopic (exact) mass is 226 g/mol. The van der Waals surface area contributed by atoms with E-state index in [1.54, 1.807) is 0 Å². The zero-order valence-corrected chi connectivity index (χ0v) is 9.48. The summed E-state index contributed by atoms with van der Waals surface area (Å²) in [5.74, 6) is -0.205. The van der Waals surface area contributed by atoms with Crippen LogP contribution < -0.4 is 10.2 Å². The SMILES string of the molecule is CCC(CC)Oc1cc(F)cc(B(O)O)c1. The van der Waals surface area contributed by atoms with E-state index >= 15 is 0 Å². The van der Waals surface area contributed by atoms with Gasteiger partial charge in [-0.15, -0.1) is 0 Å². The highest BCUT2D eigenvalue weighted by atomic mass is 19.1. The third kappa shape index (κ3) is 3.50. The molecule has 0 spiro atoms. The molecule has 0 atom stereocenters. The third-order valence-electron chi connectivity index (χ3n) is 2.41. The fourth-order valence-electron chi connectivity index (χ4n) is 1.45. The first-order chi connectivity index (χ1) is 7.56. The van der Waals surface area contributed by atoms with Gasteiger partial charge in [0.2, 0.25) is 0 Å². The van der Waals surface area contributed by atoms with E-state index in [1.165, 1.54) is 12.1 Å². The molecule has 1 aromatic carbocycles. The van der Waals surface area contributed by atoms with Crippen molar-refractivity contribution < 1.29 is 19.2 Å². The van der Waals surface area contributed by atoms with E-state index in [2.05, 4.69) is 0 Å². The Morgan fingerprint density at radius 3 is 2.38 bits per heavy atom. The number of halogens is 1. The minimum Gasteiger partial charge on any atom is -0.490 e. The van der Waals surface area contributed by atoms with Crippen LogP contribution in [0.25, 0.3) is 0 Å². The summed E-state index contributed by atoms with van der Waals surface area (Å²) in [6.45, 7) is 3.96. The van der Waals surface area contributed by atoms with Crippen LogP contribution in [0.1, 0.15) is 26.7 Å². The number of ether oxygens (including phenoxy) is 1. The molecule has 3 nitrogen and oxygen atoms in total. The van der Waals surface area contributed by atoms with E-state index in [4.69, 9.17) is 14.8 Å². The number of rotatable bonds is 5. The van der Waals surface area contributed by atoms with Crippen LogP contribution in [0.15, 0.2) is 18.2 Å². The van der Waals surface area contributed by atoms with Gasteiger partial charge < -0.3 is 14.8 Å². The molecule has 0 unspecified atom stereocenters. The molecule has 0 radical (unpaired) electrons. The van der Waals surface area contributed by atoms with Gasteiger partial charge in [0.1, 0.15) is 11.6 Å². The lowest BCUT2D eigenvalue weighted by atomic mass is 9.80. The van der Waals surface area contributed by atoms with Crippen LogP contribution in [0.5, 0.6) is 5.75 Å². The molecule has 5 heteroatoms. The topological polar surface area (TPSA) is 49.7 Å². The van der Waals surface area contributed by atoms with E-state index in [1.807, 2.05) is 13.8 Å². The van der Waals surface area contributed by atoms with Crippen LogP contribution in [0, 0.1) is 5.82 Å². The lowest BCUT2D eigenvalue weighted by Gasteiger charge is -2.16. The zero-order chi connectivity index (χ0) is 12.1. The minimum atomic E-state index is -1.68. The first-order valence-electron chi connectivity index (χ1n) is 5.40. The van der Waals surface area contributed by atoms with Crippen molar-refractivity contribution in [3.05, 3.63) is 24.0 Å². The predicted octanol–water partition coefficient (Wildman–Crippen LogP) is 1.07. The Labute approximate surface area is 95.0 Å². The first-order valence-corrected chi connectivity index (χ1v) is 5.40. The Balaban J connectivity index is 2.87. The van der Waals surface area contributed by atoms with Gasteiger partial charge >= 0.3 is 7.12 Å². The van der Waals surface area contributed by atoms with Crippen molar-refractivity contribution in [2.75, 3.05) is 0 Å². The highest BCUT2D eigenvalue weighted by Crippen LogP contribution is 2.15.